The molecule has 64 valence electrons. The van der Waals surface area contributed by atoms with Gasteiger partial charge in [-0.15, -0.1) is 0 Å². The second-order valence-electron chi connectivity index (χ2n) is 2.86. The van der Waals surface area contributed by atoms with E-state index in [0.29, 0.717) is 5.56 Å². The van der Waals surface area contributed by atoms with Crippen molar-refractivity contribution in [3.63, 3.8) is 0 Å². The molecule has 0 atom stereocenters. The Morgan fingerprint density at radius 1 is 1.62 bits per heavy atom. The minimum atomic E-state index is 0.657. The van der Waals surface area contributed by atoms with Crippen LogP contribution in [0, 0.1) is 11.3 Å². The summed E-state index contributed by atoms with van der Waals surface area (Å²) >= 11 is 0. The van der Waals surface area contributed by atoms with Crippen LogP contribution in [0.2, 0.25) is 0 Å². The van der Waals surface area contributed by atoms with Crippen molar-refractivity contribution in [2.45, 2.75) is 13.3 Å². The van der Waals surface area contributed by atoms with E-state index in [2.05, 4.69) is 23.0 Å². The Balaban J connectivity index is 2.81. The van der Waals surface area contributed by atoms with Gasteiger partial charge in [-0.05, 0) is 18.1 Å². The molecule has 2 heterocycles. The predicted molar refractivity (Wildman–Crippen MR) is 50.2 cm³/mol. The molecule has 0 radical (unpaired) electrons. The maximum Gasteiger partial charge on any atom is 0.101 e. The molecule has 1 N–H and O–H groups in total. The predicted octanol–water partition coefficient (Wildman–Crippen LogP) is 2.00. The molecule has 2 aromatic rings. The SMILES string of the molecule is CCc1c[nH]c2c(C#N)ccnc12. The van der Waals surface area contributed by atoms with Crippen LogP contribution in [0.4, 0.5) is 0 Å². The fraction of sp³-hybridized carbons (Fsp3) is 0.200. The summed E-state index contributed by atoms with van der Waals surface area (Å²) in [4.78, 5) is 7.31. The Morgan fingerprint density at radius 3 is 3.15 bits per heavy atom. The van der Waals surface area contributed by atoms with Gasteiger partial charge in [0.1, 0.15) is 6.07 Å². The van der Waals surface area contributed by atoms with Gasteiger partial charge in [0.15, 0.2) is 0 Å². The molecular formula is C10H9N3. The highest BCUT2D eigenvalue weighted by Gasteiger charge is 2.06. The number of hydrogen-bond donors (Lipinski definition) is 1. The molecule has 0 saturated carbocycles. The summed E-state index contributed by atoms with van der Waals surface area (Å²) in [6, 6.07) is 3.86. The van der Waals surface area contributed by atoms with Gasteiger partial charge >= 0.3 is 0 Å². The summed E-state index contributed by atoms with van der Waals surface area (Å²) in [6.07, 6.45) is 4.52. The lowest BCUT2D eigenvalue weighted by molar-refractivity contribution is 1.14. The van der Waals surface area contributed by atoms with E-state index < -0.39 is 0 Å². The number of pyridine rings is 1. The van der Waals surface area contributed by atoms with Crippen LogP contribution >= 0.6 is 0 Å². The minimum absolute atomic E-state index is 0.657. The normalized spacial score (nSPS) is 10.2. The van der Waals surface area contributed by atoms with E-state index >= 15 is 0 Å². The van der Waals surface area contributed by atoms with Gasteiger partial charge in [-0.1, -0.05) is 6.92 Å². The van der Waals surface area contributed by atoms with Crippen LogP contribution in [0.1, 0.15) is 18.1 Å². The zero-order valence-electron chi connectivity index (χ0n) is 7.33. The zero-order chi connectivity index (χ0) is 9.26. The van der Waals surface area contributed by atoms with Crippen molar-refractivity contribution in [1.82, 2.24) is 9.97 Å². The molecule has 0 aromatic carbocycles. The van der Waals surface area contributed by atoms with Crippen molar-refractivity contribution in [3.05, 3.63) is 29.6 Å². The fourth-order valence-corrected chi connectivity index (χ4v) is 1.44. The molecule has 2 aromatic heterocycles. The van der Waals surface area contributed by atoms with Crippen LogP contribution < -0.4 is 0 Å². The number of rotatable bonds is 1. The molecule has 0 fully saturated rings. The summed E-state index contributed by atoms with van der Waals surface area (Å²) < 4.78 is 0. The maximum atomic E-state index is 8.82. The largest absolute Gasteiger partial charge is 0.358 e. The van der Waals surface area contributed by atoms with Crippen molar-refractivity contribution in [2.24, 2.45) is 0 Å². The molecule has 0 saturated heterocycles. The first-order valence-electron chi connectivity index (χ1n) is 4.22. The third-order valence-corrected chi connectivity index (χ3v) is 2.15. The van der Waals surface area contributed by atoms with Crippen molar-refractivity contribution in [3.8, 4) is 6.07 Å². The lowest BCUT2D eigenvalue weighted by Crippen LogP contribution is -1.82. The molecular weight excluding hydrogens is 162 g/mol. The molecule has 0 aliphatic heterocycles. The zero-order valence-corrected chi connectivity index (χ0v) is 7.33. The van der Waals surface area contributed by atoms with Gasteiger partial charge in [-0.25, -0.2) is 0 Å². The third kappa shape index (κ3) is 1.07. The number of nitrogens with one attached hydrogen (secondary N) is 1. The van der Waals surface area contributed by atoms with E-state index in [9.17, 15) is 0 Å². The molecule has 0 unspecified atom stereocenters. The highest BCUT2D eigenvalue weighted by atomic mass is 14.8. The standard InChI is InChI=1S/C10H9N3/c1-2-7-6-13-10-8(5-11)3-4-12-9(7)10/h3-4,6,13H,2H2,1H3. The molecule has 0 aliphatic carbocycles. The van der Waals surface area contributed by atoms with Crippen LogP contribution in [0.5, 0.6) is 0 Å². The Morgan fingerprint density at radius 2 is 2.46 bits per heavy atom. The Labute approximate surface area is 76.0 Å². The third-order valence-electron chi connectivity index (χ3n) is 2.15. The number of hydrogen-bond acceptors (Lipinski definition) is 2. The summed E-state index contributed by atoms with van der Waals surface area (Å²) in [5, 5.41) is 8.82. The summed E-state index contributed by atoms with van der Waals surface area (Å²) in [7, 11) is 0. The Kier molecular flexibility index (Phi) is 1.75. The molecule has 0 amide bonds. The van der Waals surface area contributed by atoms with Crippen molar-refractivity contribution < 1.29 is 0 Å². The second kappa shape index (κ2) is 2.91. The fourth-order valence-electron chi connectivity index (χ4n) is 1.44. The molecule has 2 rings (SSSR count). The van der Waals surface area contributed by atoms with Gasteiger partial charge in [0.05, 0.1) is 16.6 Å². The van der Waals surface area contributed by atoms with Gasteiger partial charge in [0, 0.05) is 12.4 Å². The van der Waals surface area contributed by atoms with Crippen LogP contribution in [-0.4, -0.2) is 9.97 Å². The molecule has 0 spiro atoms. The number of nitrogens with zero attached hydrogens (tertiary/aromatic N) is 2. The van der Waals surface area contributed by atoms with E-state index in [0.717, 1.165) is 23.0 Å². The van der Waals surface area contributed by atoms with Gasteiger partial charge < -0.3 is 4.98 Å². The first kappa shape index (κ1) is 7.81. The van der Waals surface area contributed by atoms with E-state index in [4.69, 9.17) is 5.26 Å². The number of aromatic amines is 1. The molecule has 0 aliphatic rings. The topological polar surface area (TPSA) is 52.5 Å². The molecule has 13 heavy (non-hydrogen) atoms. The van der Waals surface area contributed by atoms with Crippen LogP contribution in [0.25, 0.3) is 11.0 Å². The van der Waals surface area contributed by atoms with E-state index in [1.807, 2.05) is 6.20 Å². The van der Waals surface area contributed by atoms with Gasteiger partial charge in [-0.3, -0.25) is 4.98 Å². The second-order valence-corrected chi connectivity index (χ2v) is 2.86. The first-order chi connectivity index (χ1) is 6.36. The van der Waals surface area contributed by atoms with Crippen LogP contribution in [-0.2, 0) is 6.42 Å². The molecule has 3 nitrogen and oxygen atoms in total. The molecule has 0 bridgehead atoms. The first-order valence-corrected chi connectivity index (χ1v) is 4.22. The van der Waals surface area contributed by atoms with Crippen molar-refractivity contribution in [2.75, 3.05) is 0 Å². The quantitative estimate of drug-likeness (QED) is 0.713. The monoisotopic (exact) mass is 171 g/mol. The van der Waals surface area contributed by atoms with E-state index in [1.165, 1.54) is 0 Å². The van der Waals surface area contributed by atoms with Gasteiger partial charge in [-0.2, -0.15) is 5.26 Å². The van der Waals surface area contributed by atoms with Gasteiger partial charge in [0.2, 0.25) is 0 Å². The lowest BCUT2D eigenvalue weighted by atomic mass is 10.2. The minimum Gasteiger partial charge on any atom is -0.358 e. The number of aromatic nitrogens is 2. The lowest BCUT2D eigenvalue weighted by Gasteiger charge is -1.93. The van der Waals surface area contributed by atoms with Crippen molar-refractivity contribution in [1.29, 1.82) is 5.26 Å². The average molecular weight is 171 g/mol. The van der Waals surface area contributed by atoms with E-state index in [-0.39, 0.29) is 0 Å². The summed E-state index contributed by atoms with van der Waals surface area (Å²) in [5.41, 5.74) is 3.58. The van der Waals surface area contributed by atoms with E-state index in [1.54, 1.807) is 12.3 Å². The van der Waals surface area contributed by atoms with Crippen LogP contribution in [0.3, 0.4) is 0 Å². The van der Waals surface area contributed by atoms with Gasteiger partial charge in [0.25, 0.3) is 0 Å². The number of fused-ring (bicyclic) bond motifs is 1. The molecule has 3 heteroatoms. The highest BCUT2D eigenvalue weighted by molar-refractivity contribution is 5.83. The van der Waals surface area contributed by atoms with Crippen LogP contribution in [0.15, 0.2) is 18.5 Å². The average Bonchev–Trinajstić information content (AvgIpc) is 2.60. The number of nitriles is 1. The Bertz CT molecular complexity index is 476. The summed E-state index contributed by atoms with van der Waals surface area (Å²) in [6.45, 7) is 2.07. The number of H-pyrrole nitrogens is 1. The highest BCUT2D eigenvalue weighted by Crippen LogP contribution is 2.18. The smallest absolute Gasteiger partial charge is 0.101 e. The Hall–Kier alpha value is -1.82. The summed E-state index contributed by atoms with van der Waals surface area (Å²) in [5.74, 6) is 0. The maximum absolute atomic E-state index is 8.82. The number of aryl methyl sites for hydroxylation is 1. The van der Waals surface area contributed by atoms with Crippen molar-refractivity contribution >= 4 is 11.0 Å².